The number of allylic oxidation sites excluding steroid dienone is 1. The standard InChI is InChI=1S/C46H55N9O11S/c1-27(61-24-28-16-12-10-13-17-28)35(62-25-29-18-14-11-15-19-29)21-31(47)32-20-30(65-54-32)22-48-41(59)49-23-33-36(38(56)50-33)52-39(57)37(55-66-46(8,9)40(58)63-44(2,3)4)34-26-67-42(51-34)53-43(60)64-45(5,6)7/h10-21,26,33,36,47H,1,22-25H2,2-9H3,(H,50,56)(H,52,57)(H2,48,49,59)(H,51,53,60). The molecule has 2 aromatic carbocycles. The highest BCUT2D eigenvalue weighted by Gasteiger charge is 2.42. The Hall–Kier alpha value is -7.55. The van der Waals surface area contributed by atoms with Crippen molar-refractivity contribution in [2.75, 3.05) is 11.9 Å². The quantitative estimate of drug-likeness (QED) is 0.0148. The molecule has 5 rings (SSSR count). The fourth-order valence-corrected chi connectivity index (χ4v) is 6.22. The van der Waals surface area contributed by atoms with Crippen molar-refractivity contribution in [1.29, 1.82) is 5.41 Å². The number of nitrogens with one attached hydrogen (secondary N) is 6. The van der Waals surface area contributed by atoms with Gasteiger partial charge in [0, 0.05) is 24.1 Å². The van der Waals surface area contributed by atoms with Crippen molar-refractivity contribution in [2.24, 2.45) is 5.16 Å². The molecule has 4 aromatic rings. The molecule has 3 heterocycles. The molecule has 20 nitrogen and oxygen atoms in total. The lowest BCUT2D eigenvalue weighted by Gasteiger charge is -2.37. The molecule has 0 bridgehead atoms. The summed E-state index contributed by atoms with van der Waals surface area (Å²) in [7, 11) is 0. The van der Waals surface area contributed by atoms with Crippen LogP contribution in [-0.4, -0.2) is 86.9 Å². The van der Waals surface area contributed by atoms with Gasteiger partial charge in [-0.05, 0) is 66.5 Å². The van der Waals surface area contributed by atoms with Crippen LogP contribution in [0, 0.1) is 5.41 Å². The first-order valence-electron chi connectivity index (χ1n) is 20.9. The molecule has 1 aliphatic heterocycles. The molecule has 0 spiro atoms. The van der Waals surface area contributed by atoms with E-state index in [9.17, 15) is 24.0 Å². The number of urea groups is 1. The third kappa shape index (κ3) is 15.8. The van der Waals surface area contributed by atoms with E-state index in [1.165, 1.54) is 31.4 Å². The van der Waals surface area contributed by atoms with Gasteiger partial charge in [0.05, 0.1) is 18.3 Å². The molecule has 356 valence electrons. The Morgan fingerprint density at radius 3 is 2.13 bits per heavy atom. The average molecular weight is 942 g/mol. The molecule has 0 radical (unpaired) electrons. The van der Waals surface area contributed by atoms with E-state index in [0.717, 1.165) is 22.5 Å². The molecule has 5 amide bonds. The number of nitrogens with zero attached hydrogens (tertiary/aromatic N) is 3. The number of anilines is 1. The van der Waals surface area contributed by atoms with Gasteiger partial charge in [-0.2, -0.15) is 0 Å². The summed E-state index contributed by atoms with van der Waals surface area (Å²) in [5.74, 6) is -1.57. The second kappa shape index (κ2) is 22.1. The smallest absolute Gasteiger partial charge is 0.413 e. The summed E-state index contributed by atoms with van der Waals surface area (Å²) in [6.07, 6.45) is 0.635. The van der Waals surface area contributed by atoms with Crippen LogP contribution in [0.3, 0.4) is 0 Å². The van der Waals surface area contributed by atoms with Crippen molar-refractivity contribution in [3.8, 4) is 0 Å². The predicted octanol–water partition coefficient (Wildman–Crippen LogP) is 6.00. The number of rotatable bonds is 20. The molecule has 2 unspecified atom stereocenters. The van der Waals surface area contributed by atoms with E-state index in [2.05, 4.69) is 48.5 Å². The number of hydrogen-bond acceptors (Lipinski definition) is 16. The normalized spacial score (nSPS) is 15.2. The summed E-state index contributed by atoms with van der Waals surface area (Å²) >= 11 is 0.957. The molecular weight excluding hydrogens is 887 g/mol. The minimum atomic E-state index is -1.67. The summed E-state index contributed by atoms with van der Waals surface area (Å²) in [4.78, 5) is 74.4. The maximum Gasteiger partial charge on any atom is 0.413 e. The van der Waals surface area contributed by atoms with E-state index in [1.54, 1.807) is 41.5 Å². The number of amides is 5. The molecule has 67 heavy (non-hydrogen) atoms. The molecule has 0 aliphatic carbocycles. The SMILES string of the molecule is C=C(OCc1ccccc1)C(=CC(=N)c1cc(CNC(=O)NCC2NC(=O)C2NC(=O)C(=NOC(C)(C)C(=O)OC(C)(C)C)c2csc(NC(=O)OC(C)(C)C)n2)on1)OCc1ccccc1. The summed E-state index contributed by atoms with van der Waals surface area (Å²) in [5, 5.41) is 31.1. The summed E-state index contributed by atoms with van der Waals surface area (Å²) in [6, 6.07) is 17.9. The Kier molecular flexibility index (Phi) is 16.6. The molecule has 1 aliphatic rings. The molecule has 2 aromatic heterocycles. The maximum absolute atomic E-state index is 13.8. The van der Waals surface area contributed by atoms with Gasteiger partial charge in [-0.1, -0.05) is 77.6 Å². The third-order valence-electron chi connectivity index (χ3n) is 8.91. The zero-order valence-electron chi connectivity index (χ0n) is 38.4. The van der Waals surface area contributed by atoms with E-state index in [1.807, 2.05) is 60.7 Å². The van der Waals surface area contributed by atoms with Crippen molar-refractivity contribution < 1.29 is 52.3 Å². The fraction of sp³-hybridized carbons (Fsp3) is 0.370. The van der Waals surface area contributed by atoms with E-state index in [4.69, 9.17) is 33.7 Å². The number of hydrogen-bond donors (Lipinski definition) is 6. The zero-order chi connectivity index (χ0) is 48.9. The monoisotopic (exact) mass is 941 g/mol. The van der Waals surface area contributed by atoms with Crippen LogP contribution in [0.4, 0.5) is 14.7 Å². The first kappa shape index (κ1) is 50.4. The Morgan fingerprint density at radius 1 is 0.896 bits per heavy atom. The first-order valence-corrected chi connectivity index (χ1v) is 21.8. The maximum atomic E-state index is 13.8. The highest BCUT2D eigenvalue weighted by molar-refractivity contribution is 7.14. The van der Waals surface area contributed by atoms with E-state index in [0.29, 0.717) is 0 Å². The second-order valence-corrected chi connectivity index (χ2v) is 18.3. The second-order valence-electron chi connectivity index (χ2n) is 17.4. The molecular formula is C46H55N9O11S. The van der Waals surface area contributed by atoms with Crippen molar-refractivity contribution in [3.05, 3.63) is 125 Å². The lowest BCUT2D eigenvalue weighted by Crippen LogP contribution is -2.72. The van der Waals surface area contributed by atoms with Crippen molar-refractivity contribution >= 4 is 57.8 Å². The predicted molar refractivity (Wildman–Crippen MR) is 247 cm³/mol. The van der Waals surface area contributed by atoms with Gasteiger partial charge in [0.15, 0.2) is 28.1 Å². The summed E-state index contributed by atoms with van der Waals surface area (Å²) in [5.41, 5.74) is -1.89. The van der Waals surface area contributed by atoms with Gasteiger partial charge in [0.2, 0.25) is 11.5 Å². The molecule has 0 saturated carbocycles. The summed E-state index contributed by atoms with van der Waals surface area (Å²) in [6.45, 7) is 17.1. The van der Waals surface area contributed by atoms with E-state index < -0.39 is 64.5 Å². The van der Waals surface area contributed by atoms with Crippen molar-refractivity contribution in [3.63, 3.8) is 0 Å². The number of carbonyl (C=O) groups is 5. The van der Waals surface area contributed by atoms with Gasteiger partial charge < -0.3 is 49.6 Å². The largest absolute Gasteiger partial charge is 0.486 e. The Morgan fingerprint density at radius 2 is 1.52 bits per heavy atom. The lowest BCUT2D eigenvalue weighted by molar-refractivity contribution is -0.179. The van der Waals surface area contributed by atoms with Crippen LogP contribution in [0.15, 0.2) is 106 Å². The minimum absolute atomic E-state index is 0.0563. The number of aromatic nitrogens is 2. The topological polar surface area (TPSA) is 267 Å². The number of esters is 1. The van der Waals surface area contributed by atoms with Gasteiger partial charge in [0.1, 0.15) is 41.8 Å². The highest BCUT2D eigenvalue weighted by Crippen LogP contribution is 2.22. The van der Waals surface area contributed by atoms with Crippen LogP contribution in [0.25, 0.3) is 0 Å². The molecule has 2 atom stereocenters. The third-order valence-corrected chi connectivity index (χ3v) is 9.67. The van der Waals surface area contributed by atoms with Gasteiger partial charge in [-0.3, -0.25) is 20.3 Å². The van der Waals surface area contributed by atoms with E-state index >= 15 is 0 Å². The van der Waals surface area contributed by atoms with Crippen molar-refractivity contribution in [2.45, 2.75) is 104 Å². The number of carbonyl (C=O) groups excluding carboxylic acids is 5. The van der Waals surface area contributed by atoms with Crippen molar-refractivity contribution in [1.82, 2.24) is 31.4 Å². The highest BCUT2D eigenvalue weighted by atomic mass is 32.1. The van der Waals surface area contributed by atoms with Crippen LogP contribution in [0.2, 0.25) is 0 Å². The van der Waals surface area contributed by atoms with Crippen LogP contribution in [0.5, 0.6) is 0 Å². The number of β-lactam (4-membered cyclic amide) rings is 1. The van der Waals surface area contributed by atoms with Crippen LogP contribution in [0.1, 0.15) is 83.7 Å². The first-order chi connectivity index (χ1) is 31.5. The summed E-state index contributed by atoms with van der Waals surface area (Å²) < 4.78 is 28.0. The van der Waals surface area contributed by atoms with Gasteiger partial charge in [-0.25, -0.2) is 19.4 Å². The molecule has 1 saturated heterocycles. The van der Waals surface area contributed by atoms with Crippen LogP contribution < -0.4 is 26.6 Å². The molecule has 1 fully saturated rings. The minimum Gasteiger partial charge on any atom is -0.486 e. The van der Waals surface area contributed by atoms with Gasteiger partial charge in [-0.15, -0.1) is 11.3 Å². The van der Waals surface area contributed by atoms with Gasteiger partial charge >= 0.3 is 18.1 Å². The van der Waals surface area contributed by atoms with Gasteiger partial charge in [0.25, 0.3) is 5.91 Å². The Labute approximate surface area is 391 Å². The Balaban J connectivity index is 1.18. The number of thiazole rings is 1. The Bertz CT molecular complexity index is 2490. The lowest BCUT2D eigenvalue weighted by atomic mass is 9.98. The van der Waals surface area contributed by atoms with E-state index in [-0.39, 0.29) is 65.8 Å². The fourth-order valence-electron chi connectivity index (χ4n) is 5.53. The number of ether oxygens (including phenoxy) is 4. The number of benzene rings is 2. The molecule has 6 N–H and O–H groups in total. The molecule has 21 heteroatoms. The zero-order valence-corrected chi connectivity index (χ0v) is 39.3. The van der Waals surface area contributed by atoms with Crippen LogP contribution in [-0.2, 0) is 57.9 Å². The number of oxime groups is 1. The van der Waals surface area contributed by atoms with Crippen LogP contribution >= 0.6 is 11.3 Å². The average Bonchev–Trinajstić information content (AvgIpc) is 3.93.